The van der Waals surface area contributed by atoms with Crippen molar-refractivity contribution in [3.05, 3.63) is 65.7 Å². The van der Waals surface area contributed by atoms with Crippen LogP contribution in [-0.2, 0) is 17.7 Å². The van der Waals surface area contributed by atoms with E-state index in [0.717, 1.165) is 11.1 Å². The van der Waals surface area contributed by atoms with Crippen molar-refractivity contribution < 1.29 is 14.6 Å². The molecule has 0 bridgehead atoms. The Kier molecular flexibility index (Phi) is 7.84. The Bertz CT molecular complexity index is 744. The van der Waals surface area contributed by atoms with E-state index in [1.165, 1.54) is 0 Å². The summed E-state index contributed by atoms with van der Waals surface area (Å²) in [4.78, 5) is 12.2. The molecule has 0 aliphatic rings. The van der Waals surface area contributed by atoms with Gasteiger partial charge in [-0.05, 0) is 44.4 Å². The molecule has 2 unspecified atom stereocenters. The van der Waals surface area contributed by atoms with Crippen LogP contribution in [0.3, 0.4) is 0 Å². The highest BCUT2D eigenvalue weighted by Crippen LogP contribution is 2.12. The number of aliphatic hydroxyl groups is 1. The maximum absolute atomic E-state index is 12.2. The summed E-state index contributed by atoms with van der Waals surface area (Å²) in [5.74, 6) is 0. The van der Waals surface area contributed by atoms with E-state index in [1.54, 1.807) is 20.8 Å². The minimum atomic E-state index is -0.794. The van der Waals surface area contributed by atoms with Gasteiger partial charge in [-0.3, -0.25) is 0 Å². The number of hydrogen-bond donors (Lipinski definition) is 4. The molecule has 0 aliphatic carbocycles. The van der Waals surface area contributed by atoms with Crippen molar-refractivity contribution in [1.29, 1.82) is 0 Å². The molecule has 0 saturated heterocycles. The van der Waals surface area contributed by atoms with Crippen molar-refractivity contribution in [2.45, 2.75) is 51.5 Å². The third-order valence-electron chi connectivity index (χ3n) is 4.19. The molecule has 0 heterocycles. The Morgan fingerprint density at radius 3 is 2.39 bits per heavy atom. The zero-order valence-corrected chi connectivity index (χ0v) is 16.8. The summed E-state index contributed by atoms with van der Waals surface area (Å²) < 4.78 is 5.35. The summed E-state index contributed by atoms with van der Waals surface area (Å²) in [6, 6.07) is 16.8. The van der Waals surface area contributed by atoms with E-state index in [-0.39, 0.29) is 0 Å². The van der Waals surface area contributed by atoms with Crippen LogP contribution in [-0.4, -0.2) is 35.5 Å². The van der Waals surface area contributed by atoms with Crippen LogP contribution in [0.5, 0.6) is 0 Å². The first-order valence-corrected chi connectivity index (χ1v) is 9.50. The van der Waals surface area contributed by atoms with E-state index in [2.05, 4.69) is 10.6 Å². The fourth-order valence-corrected chi connectivity index (χ4v) is 2.80. The molecule has 6 heteroatoms. The Hall–Kier alpha value is -2.57. The molecular formula is C22H31N3O3. The quantitative estimate of drug-likeness (QED) is 0.524. The Balaban J connectivity index is 1.98. The van der Waals surface area contributed by atoms with Gasteiger partial charge in [-0.25, -0.2) is 4.79 Å². The molecule has 6 nitrogen and oxygen atoms in total. The molecule has 2 aromatic rings. The van der Waals surface area contributed by atoms with Gasteiger partial charge in [-0.2, -0.15) is 0 Å². The van der Waals surface area contributed by atoms with Crippen LogP contribution in [0, 0.1) is 0 Å². The zero-order valence-electron chi connectivity index (χ0n) is 16.8. The number of hydrogen-bond acceptors (Lipinski definition) is 5. The molecule has 2 rings (SSSR count). The number of anilines is 1. The van der Waals surface area contributed by atoms with Gasteiger partial charge in [-0.1, -0.05) is 48.5 Å². The lowest BCUT2D eigenvalue weighted by Gasteiger charge is -2.27. The molecule has 0 spiro atoms. The van der Waals surface area contributed by atoms with E-state index >= 15 is 0 Å². The number of benzene rings is 2. The smallest absolute Gasteiger partial charge is 0.407 e. The average molecular weight is 386 g/mol. The Labute approximate surface area is 167 Å². The lowest BCUT2D eigenvalue weighted by molar-refractivity contribution is 0.0422. The standard InChI is InChI=1S/C22H31N3O3/c1-22(2,3)28-21(27)25-19(13-16-9-5-4-6-10-16)20(26)15-24-14-17-11-7-8-12-18(17)23/h4-12,19-20,24,26H,13-15,23H2,1-3H3,(H,25,27). The molecular weight excluding hydrogens is 354 g/mol. The first-order valence-electron chi connectivity index (χ1n) is 9.50. The van der Waals surface area contributed by atoms with Crippen LogP contribution in [0.1, 0.15) is 31.9 Å². The van der Waals surface area contributed by atoms with E-state index < -0.39 is 23.8 Å². The van der Waals surface area contributed by atoms with Gasteiger partial charge in [0.25, 0.3) is 0 Å². The second kappa shape index (κ2) is 10.1. The van der Waals surface area contributed by atoms with Crippen molar-refractivity contribution in [3.8, 4) is 0 Å². The SMILES string of the molecule is CC(C)(C)OC(=O)NC(Cc1ccccc1)C(O)CNCc1ccccc1N. The molecule has 0 aliphatic heterocycles. The van der Waals surface area contributed by atoms with Gasteiger partial charge in [0, 0.05) is 18.8 Å². The van der Waals surface area contributed by atoms with Crippen LogP contribution >= 0.6 is 0 Å². The molecule has 1 amide bonds. The van der Waals surface area contributed by atoms with Crippen LogP contribution < -0.4 is 16.4 Å². The number of rotatable bonds is 8. The van der Waals surface area contributed by atoms with Crippen molar-refractivity contribution in [2.24, 2.45) is 0 Å². The maximum atomic E-state index is 12.2. The number of carbonyl (C=O) groups excluding carboxylic acids is 1. The number of nitrogens with two attached hydrogens (primary N) is 1. The van der Waals surface area contributed by atoms with Crippen LogP contribution in [0.15, 0.2) is 54.6 Å². The van der Waals surface area contributed by atoms with Gasteiger partial charge < -0.3 is 26.2 Å². The predicted molar refractivity (Wildman–Crippen MR) is 112 cm³/mol. The Morgan fingerprint density at radius 1 is 1.11 bits per heavy atom. The number of ether oxygens (including phenoxy) is 1. The highest BCUT2D eigenvalue weighted by molar-refractivity contribution is 5.68. The molecule has 0 fully saturated rings. The molecule has 0 aromatic heterocycles. The first-order chi connectivity index (χ1) is 13.2. The van der Waals surface area contributed by atoms with E-state index in [1.807, 2.05) is 54.6 Å². The largest absolute Gasteiger partial charge is 0.444 e. The fraction of sp³-hybridized carbons (Fsp3) is 0.409. The van der Waals surface area contributed by atoms with E-state index in [0.29, 0.717) is 25.2 Å². The predicted octanol–water partition coefficient (Wildman–Crippen LogP) is 2.86. The van der Waals surface area contributed by atoms with Crippen molar-refractivity contribution in [3.63, 3.8) is 0 Å². The lowest BCUT2D eigenvalue weighted by atomic mass is 10.0. The summed E-state index contributed by atoms with van der Waals surface area (Å²) in [7, 11) is 0. The number of nitrogens with one attached hydrogen (secondary N) is 2. The van der Waals surface area contributed by atoms with Gasteiger partial charge in [0.05, 0.1) is 12.1 Å². The zero-order chi connectivity index (χ0) is 20.6. The monoisotopic (exact) mass is 385 g/mol. The molecule has 2 aromatic carbocycles. The number of aliphatic hydroxyl groups excluding tert-OH is 1. The van der Waals surface area contributed by atoms with Gasteiger partial charge in [0.1, 0.15) is 5.60 Å². The number of carbonyl (C=O) groups is 1. The van der Waals surface area contributed by atoms with Crippen LogP contribution in [0.25, 0.3) is 0 Å². The molecule has 152 valence electrons. The topological polar surface area (TPSA) is 96.6 Å². The van der Waals surface area contributed by atoms with Gasteiger partial charge in [-0.15, -0.1) is 0 Å². The summed E-state index contributed by atoms with van der Waals surface area (Å²) in [6.07, 6.45) is -0.839. The third-order valence-corrected chi connectivity index (χ3v) is 4.19. The summed E-state index contributed by atoms with van der Waals surface area (Å²) in [5, 5.41) is 16.7. The molecule has 0 saturated carbocycles. The van der Waals surface area contributed by atoms with Gasteiger partial charge in [0.15, 0.2) is 0 Å². The van der Waals surface area contributed by atoms with E-state index in [4.69, 9.17) is 10.5 Å². The van der Waals surface area contributed by atoms with Crippen molar-refractivity contribution >= 4 is 11.8 Å². The molecule has 28 heavy (non-hydrogen) atoms. The maximum Gasteiger partial charge on any atom is 0.407 e. The molecule has 5 N–H and O–H groups in total. The third kappa shape index (κ3) is 7.58. The first kappa shape index (κ1) is 21.7. The van der Waals surface area contributed by atoms with Gasteiger partial charge in [0.2, 0.25) is 0 Å². The highest BCUT2D eigenvalue weighted by Gasteiger charge is 2.24. The van der Waals surface area contributed by atoms with Crippen molar-refractivity contribution in [1.82, 2.24) is 10.6 Å². The molecule has 0 radical (unpaired) electrons. The van der Waals surface area contributed by atoms with Crippen LogP contribution in [0.4, 0.5) is 10.5 Å². The highest BCUT2D eigenvalue weighted by atomic mass is 16.6. The minimum Gasteiger partial charge on any atom is -0.444 e. The normalized spacial score (nSPS) is 13.6. The second-order valence-corrected chi connectivity index (χ2v) is 7.84. The number of amides is 1. The number of alkyl carbamates (subject to hydrolysis) is 1. The second-order valence-electron chi connectivity index (χ2n) is 7.84. The van der Waals surface area contributed by atoms with E-state index in [9.17, 15) is 9.90 Å². The Morgan fingerprint density at radius 2 is 1.75 bits per heavy atom. The minimum absolute atomic E-state index is 0.307. The number of nitrogen functional groups attached to an aromatic ring is 1. The summed E-state index contributed by atoms with van der Waals surface area (Å²) >= 11 is 0. The summed E-state index contributed by atoms with van der Waals surface area (Å²) in [6.45, 7) is 6.26. The average Bonchev–Trinajstić information content (AvgIpc) is 2.62. The summed E-state index contributed by atoms with van der Waals surface area (Å²) in [5.41, 5.74) is 8.04. The van der Waals surface area contributed by atoms with Gasteiger partial charge >= 0.3 is 6.09 Å². The van der Waals surface area contributed by atoms with Crippen molar-refractivity contribution in [2.75, 3.05) is 12.3 Å². The molecule has 2 atom stereocenters. The number of para-hydroxylation sites is 1. The van der Waals surface area contributed by atoms with Crippen LogP contribution in [0.2, 0.25) is 0 Å². The lowest BCUT2D eigenvalue weighted by Crippen LogP contribution is -2.49. The fourth-order valence-electron chi connectivity index (χ4n) is 2.80.